The first kappa shape index (κ1) is 12.0. The Morgan fingerprint density at radius 2 is 1.87 bits per heavy atom. The maximum Gasteiger partial charge on any atom is 0.417 e. The Balaban J connectivity index is 2.91. The molecule has 15 heavy (non-hydrogen) atoms. The summed E-state index contributed by atoms with van der Waals surface area (Å²) in [6.45, 7) is 3.54. The summed E-state index contributed by atoms with van der Waals surface area (Å²) in [4.78, 5) is 3.60. The summed E-state index contributed by atoms with van der Waals surface area (Å²) >= 11 is 0. The first-order valence-corrected chi connectivity index (χ1v) is 4.53. The first-order valence-electron chi connectivity index (χ1n) is 4.53. The highest BCUT2D eigenvalue weighted by Gasteiger charge is 2.31. The molecule has 0 aliphatic heterocycles. The van der Waals surface area contributed by atoms with Gasteiger partial charge < -0.3 is 5.11 Å². The molecule has 1 atom stereocenters. The summed E-state index contributed by atoms with van der Waals surface area (Å²) in [5, 5.41) is 9.55. The summed E-state index contributed by atoms with van der Waals surface area (Å²) < 4.78 is 36.5. The number of pyridine rings is 1. The lowest BCUT2D eigenvalue weighted by atomic mass is 10.0. The van der Waals surface area contributed by atoms with Crippen molar-refractivity contribution in [1.29, 1.82) is 0 Å². The Labute approximate surface area is 85.8 Å². The molecule has 1 rings (SSSR count). The van der Waals surface area contributed by atoms with E-state index in [9.17, 15) is 18.3 Å². The van der Waals surface area contributed by atoms with E-state index in [4.69, 9.17) is 0 Å². The van der Waals surface area contributed by atoms with E-state index >= 15 is 0 Å². The minimum absolute atomic E-state index is 0.0748. The van der Waals surface area contributed by atoms with Crippen molar-refractivity contribution < 1.29 is 18.3 Å². The van der Waals surface area contributed by atoms with E-state index in [0.717, 1.165) is 12.3 Å². The van der Waals surface area contributed by atoms with Crippen molar-refractivity contribution in [3.05, 3.63) is 29.6 Å². The van der Waals surface area contributed by atoms with Gasteiger partial charge in [-0.25, -0.2) is 0 Å². The van der Waals surface area contributed by atoms with Gasteiger partial charge in [-0.3, -0.25) is 4.98 Å². The standard InChI is InChI=1S/C10H12F3NO/c1-6(2)9(15)8-4-3-7(5-14-8)10(11,12)13/h3-6,9,15H,1-2H3. The second kappa shape index (κ2) is 4.18. The van der Waals surface area contributed by atoms with Crippen LogP contribution in [0.15, 0.2) is 18.3 Å². The third-order valence-corrected chi connectivity index (χ3v) is 2.05. The van der Waals surface area contributed by atoms with Crippen LogP contribution in [0.5, 0.6) is 0 Å². The van der Waals surface area contributed by atoms with Crippen LogP contribution >= 0.6 is 0 Å². The number of aliphatic hydroxyl groups is 1. The van der Waals surface area contributed by atoms with Gasteiger partial charge in [0.05, 0.1) is 17.4 Å². The van der Waals surface area contributed by atoms with Crippen molar-refractivity contribution in [2.24, 2.45) is 5.92 Å². The zero-order valence-electron chi connectivity index (χ0n) is 8.42. The van der Waals surface area contributed by atoms with E-state index in [1.165, 1.54) is 6.07 Å². The average molecular weight is 219 g/mol. The molecule has 0 radical (unpaired) electrons. The van der Waals surface area contributed by atoms with Crippen LogP contribution < -0.4 is 0 Å². The number of hydrogen-bond donors (Lipinski definition) is 1. The molecule has 0 aromatic carbocycles. The third-order valence-electron chi connectivity index (χ3n) is 2.05. The molecule has 2 nitrogen and oxygen atoms in total. The molecule has 0 bridgehead atoms. The van der Waals surface area contributed by atoms with E-state index in [-0.39, 0.29) is 11.6 Å². The fourth-order valence-electron chi connectivity index (χ4n) is 1.09. The summed E-state index contributed by atoms with van der Waals surface area (Å²) in [6, 6.07) is 2.13. The molecule has 1 N–H and O–H groups in total. The van der Waals surface area contributed by atoms with E-state index < -0.39 is 17.8 Å². The molecule has 1 aromatic rings. The molecular formula is C10H12F3NO. The third kappa shape index (κ3) is 2.92. The Bertz CT molecular complexity index is 318. The van der Waals surface area contributed by atoms with Gasteiger partial charge in [-0.05, 0) is 18.1 Å². The predicted octanol–water partition coefficient (Wildman–Crippen LogP) is 2.79. The van der Waals surface area contributed by atoms with E-state index in [1.54, 1.807) is 13.8 Å². The van der Waals surface area contributed by atoms with Crippen molar-refractivity contribution in [3.8, 4) is 0 Å². The minimum atomic E-state index is -4.38. The lowest BCUT2D eigenvalue weighted by Crippen LogP contribution is -2.10. The van der Waals surface area contributed by atoms with Crippen LogP contribution in [0.25, 0.3) is 0 Å². The van der Waals surface area contributed by atoms with Crippen LogP contribution in [0.3, 0.4) is 0 Å². The molecule has 0 aliphatic rings. The molecule has 0 spiro atoms. The van der Waals surface area contributed by atoms with Crippen molar-refractivity contribution in [1.82, 2.24) is 4.98 Å². The van der Waals surface area contributed by atoms with Crippen molar-refractivity contribution in [3.63, 3.8) is 0 Å². The summed E-state index contributed by atoms with van der Waals surface area (Å²) in [6.07, 6.45) is -4.47. The van der Waals surface area contributed by atoms with Gasteiger partial charge in [0.15, 0.2) is 0 Å². The van der Waals surface area contributed by atoms with Gasteiger partial charge in [0, 0.05) is 6.20 Å². The number of aromatic nitrogens is 1. The number of aliphatic hydroxyl groups excluding tert-OH is 1. The number of halogens is 3. The summed E-state index contributed by atoms with van der Waals surface area (Å²) in [7, 11) is 0. The Morgan fingerprint density at radius 3 is 2.20 bits per heavy atom. The van der Waals surface area contributed by atoms with Gasteiger partial charge in [0.25, 0.3) is 0 Å². The smallest absolute Gasteiger partial charge is 0.387 e. The summed E-state index contributed by atoms with van der Waals surface area (Å²) in [5.41, 5.74) is -0.541. The lowest BCUT2D eigenvalue weighted by Gasteiger charge is -2.14. The molecule has 0 amide bonds. The SMILES string of the molecule is CC(C)C(O)c1ccc(C(F)(F)F)cn1. The second-order valence-corrected chi connectivity index (χ2v) is 3.66. The quantitative estimate of drug-likeness (QED) is 0.829. The highest BCUT2D eigenvalue weighted by atomic mass is 19.4. The van der Waals surface area contributed by atoms with Crippen LogP contribution in [0.1, 0.15) is 31.2 Å². The normalized spacial score (nSPS) is 14.3. The maximum absolute atomic E-state index is 12.2. The van der Waals surface area contributed by atoms with Gasteiger partial charge in [-0.2, -0.15) is 13.2 Å². The molecule has 1 aromatic heterocycles. The molecule has 0 saturated heterocycles. The predicted molar refractivity (Wildman–Crippen MR) is 49.0 cm³/mol. The highest BCUT2D eigenvalue weighted by molar-refractivity contribution is 5.18. The van der Waals surface area contributed by atoms with Crippen LogP contribution in [-0.2, 0) is 6.18 Å². The van der Waals surface area contributed by atoms with Gasteiger partial charge in [-0.15, -0.1) is 0 Å². The number of alkyl halides is 3. The Hall–Kier alpha value is -1.10. The molecule has 1 unspecified atom stereocenters. The second-order valence-electron chi connectivity index (χ2n) is 3.66. The van der Waals surface area contributed by atoms with Crippen molar-refractivity contribution in [2.75, 3.05) is 0 Å². The van der Waals surface area contributed by atoms with Crippen LogP contribution in [-0.4, -0.2) is 10.1 Å². The highest BCUT2D eigenvalue weighted by Crippen LogP contribution is 2.29. The van der Waals surface area contributed by atoms with Crippen LogP contribution in [0.2, 0.25) is 0 Å². The molecule has 0 fully saturated rings. The van der Waals surface area contributed by atoms with Gasteiger partial charge in [0.2, 0.25) is 0 Å². The van der Waals surface area contributed by atoms with Gasteiger partial charge in [-0.1, -0.05) is 13.8 Å². The van der Waals surface area contributed by atoms with E-state index in [0.29, 0.717) is 0 Å². The fourth-order valence-corrected chi connectivity index (χ4v) is 1.09. The monoisotopic (exact) mass is 219 g/mol. The lowest BCUT2D eigenvalue weighted by molar-refractivity contribution is -0.137. The fraction of sp³-hybridized carbons (Fsp3) is 0.500. The zero-order chi connectivity index (χ0) is 11.6. The van der Waals surface area contributed by atoms with Gasteiger partial charge in [0.1, 0.15) is 0 Å². The molecular weight excluding hydrogens is 207 g/mol. The molecule has 0 saturated carbocycles. The van der Waals surface area contributed by atoms with Gasteiger partial charge >= 0.3 is 6.18 Å². The van der Waals surface area contributed by atoms with E-state index in [2.05, 4.69) is 4.98 Å². The zero-order valence-corrected chi connectivity index (χ0v) is 8.42. The van der Waals surface area contributed by atoms with Crippen LogP contribution in [0.4, 0.5) is 13.2 Å². The van der Waals surface area contributed by atoms with E-state index in [1.807, 2.05) is 0 Å². The van der Waals surface area contributed by atoms with Crippen molar-refractivity contribution in [2.45, 2.75) is 26.1 Å². The summed E-state index contributed by atoms with van der Waals surface area (Å²) in [5.74, 6) is -0.0748. The average Bonchev–Trinajstić information content (AvgIpc) is 2.15. The molecule has 84 valence electrons. The molecule has 0 aliphatic carbocycles. The maximum atomic E-state index is 12.2. The number of nitrogens with zero attached hydrogens (tertiary/aromatic N) is 1. The largest absolute Gasteiger partial charge is 0.417 e. The Morgan fingerprint density at radius 1 is 1.27 bits per heavy atom. The van der Waals surface area contributed by atoms with Crippen molar-refractivity contribution >= 4 is 0 Å². The number of rotatable bonds is 2. The molecule has 5 heteroatoms. The topological polar surface area (TPSA) is 33.1 Å². The number of hydrogen-bond acceptors (Lipinski definition) is 2. The van der Waals surface area contributed by atoms with Crippen LogP contribution in [0, 0.1) is 5.92 Å². The Kier molecular flexibility index (Phi) is 3.34. The molecule has 1 heterocycles. The first-order chi connectivity index (χ1) is 6.82. The minimum Gasteiger partial charge on any atom is -0.387 e.